The van der Waals surface area contributed by atoms with Crippen LogP contribution in [0.5, 0.6) is 0 Å². The summed E-state index contributed by atoms with van der Waals surface area (Å²) in [6.07, 6.45) is 4.85. The molecule has 0 atom stereocenters. The molecule has 3 heteroatoms. The van der Waals surface area contributed by atoms with Gasteiger partial charge in [0.1, 0.15) is 6.07 Å². The van der Waals surface area contributed by atoms with Gasteiger partial charge in [0, 0.05) is 12.0 Å². The van der Waals surface area contributed by atoms with Gasteiger partial charge in [-0.05, 0) is 29.7 Å². The van der Waals surface area contributed by atoms with Crippen LogP contribution < -0.4 is 0 Å². The van der Waals surface area contributed by atoms with E-state index in [0.717, 1.165) is 27.5 Å². The van der Waals surface area contributed by atoms with Crippen molar-refractivity contribution in [2.24, 2.45) is 4.99 Å². The summed E-state index contributed by atoms with van der Waals surface area (Å²) in [7, 11) is 1.77. The van der Waals surface area contributed by atoms with Crippen molar-refractivity contribution in [2.75, 3.05) is 7.05 Å². The molecule has 18 heavy (non-hydrogen) atoms. The van der Waals surface area contributed by atoms with Gasteiger partial charge < -0.3 is 0 Å². The quantitative estimate of drug-likeness (QED) is 0.752. The summed E-state index contributed by atoms with van der Waals surface area (Å²) in [5.74, 6) is 0. The highest BCUT2D eigenvalue weighted by molar-refractivity contribution is 8.18. The molecule has 1 aliphatic rings. The van der Waals surface area contributed by atoms with Gasteiger partial charge in [-0.25, -0.2) is 0 Å². The summed E-state index contributed by atoms with van der Waals surface area (Å²) in [6.45, 7) is 2.11. The molecule has 0 amide bonds. The molecule has 0 fully saturated rings. The van der Waals surface area contributed by atoms with Crippen LogP contribution in [0.1, 0.15) is 18.1 Å². The van der Waals surface area contributed by atoms with E-state index >= 15 is 0 Å². The number of hydrogen-bond acceptors (Lipinski definition) is 3. The maximum atomic E-state index is 9.42. The van der Waals surface area contributed by atoms with Gasteiger partial charge in [0.05, 0.1) is 10.6 Å². The number of nitriles is 1. The molecule has 0 aromatic heterocycles. The van der Waals surface area contributed by atoms with Gasteiger partial charge in [0.15, 0.2) is 0 Å². The lowest BCUT2D eigenvalue weighted by Gasteiger charge is -2.07. The van der Waals surface area contributed by atoms with Crippen LogP contribution in [0.3, 0.4) is 0 Å². The Balaban J connectivity index is 2.51. The zero-order chi connectivity index (χ0) is 13.0. The minimum Gasteiger partial charge on any atom is -0.281 e. The minimum atomic E-state index is 0.743. The van der Waals surface area contributed by atoms with Crippen LogP contribution in [0, 0.1) is 11.3 Å². The van der Waals surface area contributed by atoms with Crippen molar-refractivity contribution in [1.82, 2.24) is 0 Å². The molecule has 0 spiro atoms. The highest BCUT2D eigenvalue weighted by atomic mass is 32.2. The second-order valence-corrected chi connectivity index (χ2v) is 4.92. The van der Waals surface area contributed by atoms with Gasteiger partial charge in [-0.1, -0.05) is 43.0 Å². The fourth-order valence-corrected chi connectivity index (χ4v) is 2.75. The SMILES string of the molecule is CCc1ccccc1/C(C#N)=C1C=C/C(=N/C)S/1. The molecule has 0 saturated heterocycles. The van der Waals surface area contributed by atoms with E-state index in [9.17, 15) is 5.26 Å². The number of benzene rings is 1. The number of aliphatic imine (C=N–C) groups is 1. The van der Waals surface area contributed by atoms with Crippen LogP contribution in [-0.4, -0.2) is 12.1 Å². The average molecular weight is 254 g/mol. The summed E-state index contributed by atoms with van der Waals surface area (Å²) in [5.41, 5.74) is 2.98. The maximum Gasteiger partial charge on any atom is 0.101 e. The molecule has 1 aromatic rings. The van der Waals surface area contributed by atoms with Crippen LogP contribution in [0.2, 0.25) is 0 Å². The standard InChI is InChI=1S/C15H14N2S/c1-3-11-6-4-5-7-12(11)13(10-16)14-8-9-15(17-2)18-14/h4-9H,3H2,1-2H3/b14-13-,17-15-. The largest absolute Gasteiger partial charge is 0.281 e. The lowest BCUT2D eigenvalue weighted by Crippen LogP contribution is -1.92. The van der Waals surface area contributed by atoms with Crippen molar-refractivity contribution >= 4 is 22.4 Å². The Morgan fingerprint density at radius 2 is 2.11 bits per heavy atom. The molecular formula is C15H14N2S. The highest BCUT2D eigenvalue weighted by Crippen LogP contribution is 2.34. The topological polar surface area (TPSA) is 36.1 Å². The Labute approximate surface area is 112 Å². The van der Waals surface area contributed by atoms with Gasteiger partial charge in [-0.3, -0.25) is 4.99 Å². The third kappa shape index (κ3) is 2.39. The van der Waals surface area contributed by atoms with Crippen LogP contribution in [0.15, 0.2) is 46.3 Å². The lowest BCUT2D eigenvalue weighted by molar-refractivity contribution is 1.13. The lowest BCUT2D eigenvalue weighted by atomic mass is 9.98. The van der Waals surface area contributed by atoms with Gasteiger partial charge in [0.25, 0.3) is 0 Å². The van der Waals surface area contributed by atoms with Crippen LogP contribution in [0.25, 0.3) is 5.57 Å². The molecule has 0 aliphatic carbocycles. The first kappa shape index (κ1) is 12.7. The molecule has 2 nitrogen and oxygen atoms in total. The predicted molar refractivity (Wildman–Crippen MR) is 78.4 cm³/mol. The molecule has 0 saturated carbocycles. The molecule has 0 radical (unpaired) electrons. The van der Waals surface area contributed by atoms with E-state index < -0.39 is 0 Å². The smallest absolute Gasteiger partial charge is 0.101 e. The third-order valence-electron chi connectivity index (χ3n) is 2.84. The van der Waals surface area contributed by atoms with Crippen molar-refractivity contribution in [3.05, 3.63) is 52.4 Å². The van der Waals surface area contributed by atoms with Gasteiger partial charge >= 0.3 is 0 Å². The molecule has 1 heterocycles. The summed E-state index contributed by atoms with van der Waals surface area (Å²) in [4.78, 5) is 5.13. The van der Waals surface area contributed by atoms with Crippen LogP contribution in [0.4, 0.5) is 0 Å². The van der Waals surface area contributed by atoms with Crippen molar-refractivity contribution in [3.8, 4) is 6.07 Å². The van der Waals surface area contributed by atoms with Crippen LogP contribution >= 0.6 is 11.8 Å². The number of hydrogen-bond donors (Lipinski definition) is 0. The first-order valence-electron chi connectivity index (χ1n) is 5.85. The fourth-order valence-electron chi connectivity index (χ4n) is 1.90. The maximum absolute atomic E-state index is 9.42. The predicted octanol–water partition coefficient (Wildman–Crippen LogP) is 3.81. The molecule has 0 N–H and O–H groups in total. The molecular weight excluding hydrogens is 240 g/mol. The molecule has 90 valence electrons. The van der Waals surface area contributed by atoms with Crippen molar-refractivity contribution in [2.45, 2.75) is 13.3 Å². The summed E-state index contributed by atoms with van der Waals surface area (Å²) in [5, 5.41) is 10.4. The van der Waals surface area contributed by atoms with Gasteiger partial charge in [-0.2, -0.15) is 5.26 Å². The summed E-state index contributed by atoms with van der Waals surface area (Å²) in [6, 6.07) is 10.4. The molecule has 0 bridgehead atoms. The second-order valence-electron chi connectivity index (χ2n) is 3.86. The van der Waals surface area contributed by atoms with Gasteiger partial charge in [-0.15, -0.1) is 0 Å². The summed E-state index contributed by atoms with van der Waals surface area (Å²) < 4.78 is 0. The van der Waals surface area contributed by atoms with Crippen molar-refractivity contribution in [1.29, 1.82) is 5.26 Å². The Hall–Kier alpha value is -1.79. The Morgan fingerprint density at radius 3 is 2.72 bits per heavy atom. The normalized spacial score (nSPS) is 19.1. The minimum absolute atomic E-state index is 0.743. The fraction of sp³-hybridized carbons (Fsp3) is 0.200. The van der Waals surface area contributed by atoms with E-state index in [1.165, 1.54) is 5.56 Å². The van der Waals surface area contributed by atoms with Crippen molar-refractivity contribution in [3.63, 3.8) is 0 Å². The van der Waals surface area contributed by atoms with E-state index in [4.69, 9.17) is 0 Å². The number of rotatable bonds is 2. The summed E-state index contributed by atoms with van der Waals surface area (Å²) >= 11 is 1.55. The number of aryl methyl sites for hydroxylation is 1. The monoisotopic (exact) mass is 254 g/mol. The first-order valence-corrected chi connectivity index (χ1v) is 6.67. The molecule has 0 unspecified atom stereocenters. The Bertz CT molecular complexity index is 589. The van der Waals surface area contributed by atoms with Crippen molar-refractivity contribution < 1.29 is 0 Å². The van der Waals surface area contributed by atoms with E-state index in [1.807, 2.05) is 30.4 Å². The Kier molecular flexibility index (Phi) is 4.01. The second kappa shape index (κ2) is 5.70. The average Bonchev–Trinajstić information content (AvgIpc) is 2.89. The third-order valence-corrected chi connectivity index (χ3v) is 3.93. The highest BCUT2D eigenvalue weighted by Gasteiger charge is 2.16. The number of allylic oxidation sites excluding steroid dienone is 2. The molecule has 2 rings (SSSR count). The van der Waals surface area contributed by atoms with E-state index in [1.54, 1.807) is 18.8 Å². The van der Waals surface area contributed by atoms with E-state index in [2.05, 4.69) is 24.1 Å². The first-order chi connectivity index (χ1) is 8.80. The Morgan fingerprint density at radius 1 is 1.33 bits per heavy atom. The zero-order valence-electron chi connectivity index (χ0n) is 10.5. The van der Waals surface area contributed by atoms with Crippen LogP contribution in [-0.2, 0) is 6.42 Å². The van der Waals surface area contributed by atoms with E-state index in [0.29, 0.717) is 0 Å². The molecule has 1 aliphatic heterocycles. The zero-order valence-corrected chi connectivity index (χ0v) is 11.3. The molecule has 1 aromatic carbocycles. The van der Waals surface area contributed by atoms with E-state index in [-0.39, 0.29) is 0 Å². The number of thioether (sulfide) groups is 1. The van der Waals surface area contributed by atoms with Gasteiger partial charge in [0.2, 0.25) is 0 Å². The number of nitrogens with zero attached hydrogens (tertiary/aromatic N) is 2.